The van der Waals surface area contributed by atoms with Crippen molar-refractivity contribution in [2.45, 2.75) is 38.7 Å². The van der Waals surface area contributed by atoms with Crippen LogP contribution in [0.25, 0.3) is 0 Å². The number of rotatable bonds is 2. The molecule has 2 aliphatic rings. The van der Waals surface area contributed by atoms with Gasteiger partial charge in [0, 0.05) is 19.6 Å². The summed E-state index contributed by atoms with van der Waals surface area (Å²) in [4.78, 5) is 14.2. The molecule has 2 saturated heterocycles. The van der Waals surface area contributed by atoms with Gasteiger partial charge in [-0.25, -0.2) is 0 Å². The molecule has 17 heavy (non-hydrogen) atoms. The number of aliphatic hydroxyl groups is 1. The topological polar surface area (TPSA) is 52.6 Å². The lowest BCUT2D eigenvalue weighted by atomic mass is 9.90. The average molecular weight is 240 g/mol. The molecular formula is C13H24N2O2. The van der Waals surface area contributed by atoms with Crippen molar-refractivity contribution in [1.82, 2.24) is 10.2 Å². The predicted octanol–water partition coefficient (Wildman–Crippen LogP) is 0.605. The van der Waals surface area contributed by atoms with Crippen LogP contribution in [0.5, 0.6) is 0 Å². The molecule has 2 fully saturated rings. The number of hydrogen-bond donors (Lipinski definition) is 2. The Labute approximate surface area is 103 Å². The molecule has 0 aromatic rings. The highest BCUT2D eigenvalue weighted by Crippen LogP contribution is 2.23. The molecule has 98 valence electrons. The van der Waals surface area contributed by atoms with E-state index in [-0.39, 0.29) is 12.0 Å². The van der Waals surface area contributed by atoms with E-state index >= 15 is 0 Å². The maximum atomic E-state index is 12.3. The smallest absolute Gasteiger partial charge is 0.226 e. The number of nitrogens with one attached hydrogen (secondary N) is 1. The lowest BCUT2D eigenvalue weighted by molar-refractivity contribution is -0.138. The minimum atomic E-state index is -0.233. The fourth-order valence-electron chi connectivity index (χ4n) is 2.92. The highest BCUT2D eigenvalue weighted by atomic mass is 16.3. The first-order chi connectivity index (χ1) is 8.18. The number of amides is 1. The number of carbonyl (C=O) groups is 1. The first-order valence-corrected chi connectivity index (χ1v) is 6.86. The summed E-state index contributed by atoms with van der Waals surface area (Å²) in [7, 11) is 0. The molecule has 4 nitrogen and oxygen atoms in total. The van der Waals surface area contributed by atoms with Crippen LogP contribution in [0.4, 0.5) is 0 Å². The van der Waals surface area contributed by atoms with E-state index in [2.05, 4.69) is 5.32 Å². The molecule has 2 N–H and O–H groups in total. The molecule has 4 heteroatoms. The molecular weight excluding hydrogens is 216 g/mol. The van der Waals surface area contributed by atoms with Gasteiger partial charge in [0.1, 0.15) is 0 Å². The van der Waals surface area contributed by atoms with Crippen molar-refractivity contribution in [3.8, 4) is 0 Å². The zero-order valence-electron chi connectivity index (χ0n) is 10.7. The summed E-state index contributed by atoms with van der Waals surface area (Å²) in [5.41, 5.74) is 0. The molecule has 0 aliphatic carbocycles. The van der Waals surface area contributed by atoms with Crippen molar-refractivity contribution in [3.63, 3.8) is 0 Å². The molecule has 2 aliphatic heterocycles. The third kappa shape index (κ3) is 3.19. The Morgan fingerprint density at radius 3 is 2.59 bits per heavy atom. The van der Waals surface area contributed by atoms with Gasteiger partial charge in [-0.05, 0) is 45.1 Å². The SMILES string of the molecule is CC(O)C1CCN(C(=O)C2CCCNC2)CC1. The van der Waals surface area contributed by atoms with Crippen LogP contribution in [0.1, 0.15) is 32.6 Å². The highest BCUT2D eigenvalue weighted by Gasteiger charge is 2.30. The van der Waals surface area contributed by atoms with Gasteiger partial charge in [0.15, 0.2) is 0 Å². The Kier molecular flexibility index (Phi) is 4.40. The van der Waals surface area contributed by atoms with Gasteiger partial charge in [0.05, 0.1) is 12.0 Å². The van der Waals surface area contributed by atoms with E-state index in [4.69, 9.17) is 0 Å². The summed E-state index contributed by atoms with van der Waals surface area (Å²) < 4.78 is 0. The van der Waals surface area contributed by atoms with E-state index in [0.717, 1.165) is 51.9 Å². The summed E-state index contributed by atoms with van der Waals surface area (Å²) in [5, 5.41) is 12.8. The molecule has 0 bridgehead atoms. The van der Waals surface area contributed by atoms with E-state index < -0.39 is 0 Å². The third-order valence-corrected chi connectivity index (χ3v) is 4.18. The van der Waals surface area contributed by atoms with Crippen LogP contribution in [0.3, 0.4) is 0 Å². The molecule has 2 rings (SSSR count). The van der Waals surface area contributed by atoms with Gasteiger partial charge in [0.25, 0.3) is 0 Å². The Balaban J connectivity index is 1.81. The van der Waals surface area contributed by atoms with Crippen LogP contribution in [-0.4, -0.2) is 48.2 Å². The standard InChI is InChI=1S/C13H24N2O2/c1-10(16)11-4-7-15(8-5-11)13(17)12-3-2-6-14-9-12/h10-12,14,16H,2-9H2,1H3. The van der Waals surface area contributed by atoms with E-state index in [0.29, 0.717) is 11.8 Å². The van der Waals surface area contributed by atoms with Crippen molar-refractivity contribution >= 4 is 5.91 Å². The lowest BCUT2D eigenvalue weighted by Crippen LogP contribution is -2.47. The molecule has 0 aromatic carbocycles. The van der Waals surface area contributed by atoms with E-state index in [1.165, 1.54) is 0 Å². The summed E-state index contributed by atoms with van der Waals surface area (Å²) in [6.07, 6.45) is 3.80. The molecule has 0 radical (unpaired) electrons. The molecule has 0 aromatic heterocycles. The van der Waals surface area contributed by atoms with Crippen LogP contribution in [0.15, 0.2) is 0 Å². The molecule has 1 amide bonds. The van der Waals surface area contributed by atoms with Gasteiger partial charge in [-0.3, -0.25) is 4.79 Å². The maximum absolute atomic E-state index is 12.3. The van der Waals surface area contributed by atoms with Gasteiger partial charge in [0.2, 0.25) is 5.91 Å². The monoisotopic (exact) mass is 240 g/mol. The fourth-order valence-corrected chi connectivity index (χ4v) is 2.92. The quantitative estimate of drug-likeness (QED) is 0.743. The Morgan fingerprint density at radius 2 is 2.06 bits per heavy atom. The summed E-state index contributed by atoms with van der Waals surface area (Å²) in [5.74, 6) is 0.886. The zero-order valence-corrected chi connectivity index (χ0v) is 10.7. The second kappa shape index (κ2) is 5.83. The van der Waals surface area contributed by atoms with Crippen LogP contribution in [0.2, 0.25) is 0 Å². The maximum Gasteiger partial charge on any atom is 0.226 e. The Hall–Kier alpha value is -0.610. The summed E-state index contributed by atoms with van der Waals surface area (Å²) >= 11 is 0. The highest BCUT2D eigenvalue weighted by molar-refractivity contribution is 5.79. The summed E-state index contributed by atoms with van der Waals surface area (Å²) in [6, 6.07) is 0. The van der Waals surface area contributed by atoms with Gasteiger partial charge in [-0.2, -0.15) is 0 Å². The number of nitrogens with zero attached hydrogens (tertiary/aromatic N) is 1. The molecule has 2 unspecified atom stereocenters. The fraction of sp³-hybridized carbons (Fsp3) is 0.923. The number of likely N-dealkylation sites (tertiary alicyclic amines) is 1. The van der Waals surface area contributed by atoms with Gasteiger partial charge < -0.3 is 15.3 Å². The predicted molar refractivity (Wildman–Crippen MR) is 66.6 cm³/mol. The van der Waals surface area contributed by atoms with Crippen molar-refractivity contribution in [2.75, 3.05) is 26.2 Å². The van der Waals surface area contributed by atoms with E-state index in [1.54, 1.807) is 0 Å². The second-order valence-electron chi connectivity index (χ2n) is 5.45. The zero-order chi connectivity index (χ0) is 12.3. The number of carbonyl (C=O) groups excluding carboxylic acids is 1. The van der Waals surface area contributed by atoms with E-state index in [1.807, 2.05) is 11.8 Å². The first-order valence-electron chi connectivity index (χ1n) is 6.86. The molecule has 0 saturated carbocycles. The van der Waals surface area contributed by atoms with Crippen molar-refractivity contribution in [1.29, 1.82) is 0 Å². The Bertz CT molecular complexity index is 254. The van der Waals surface area contributed by atoms with Crippen LogP contribution >= 0.6 is 0 Å². The van der Waals surface area contributed by atoms with Crippen LogP contribution in [0, 0.1) is 11.8 Å². The van der Waals surface area contributed by atoms with Crippen molar-refractivity contribution < 1.29 is 9.90 Å². The van der Waals surface area contributed by atoms with Gasteiger partial charge in [-0.15, -0.1) is 0 Å². The number of hydrogen-bond acceptors (Lipinski definition) is 3. The first kappa shape index (κ1) is 12.8. The average Bonchev–Trinajstić information content (AvgIpc) is 2.39. The van der Waals surface area contributed by atoms with Gasteiger partial charge in [-0.1, -0.05) is 0 Å². The summed E-state index contributed by atoms with van der Waals surface area (Å²) in [6.45, 7) is 5.39. The minimum absolute atomic E-state index is 0.187. The lowest BCUT2D eigenvalue weighted by Gasteiger charge is -2.36. The molecule has 2 heterocycles. The minimum Gasteiger partial charge on any atom is -0.393 e. The van der Waals surface area contributed by atoms with Crippen molar-refractivity contribution in [3.05, 3.63) is 0 Å². The van der Waals surface area contributed by atoms with Crippen LogP contribution in [-0.2, 0) is 4.79 Å². The number of aliphatic hydroxyl groups excluding tert-OH is 1. The van der Waals surface area contributed by atoms with Crippen molar-refractivity contribution in [2.24, 2.45) is 11.8 Å². The Morgan fingerprint density at radius 1 is 1.35 bits per heavy atom. The number of piperidine rings is 2. The molecule has 0 spiro atoms. The normalized spacial score (nSPS) is 29.1. The van der Waals surface area contributed by atoms with E-state index in [9.17, 15) is 9.90 Å². The largest absolute Gasteiger partial charge is 0.393 e. The van der Waals surface area contributed by atoms with Gasteiger partial charge >= 0.3 is 0 Å². The third-order valence-electron chi connectivity index (χ3n) is 4.18. The van der Waals surface area contributed by atoms with Crippen LogP contribution < -0.4 is 5.32 Å². The second-order valence-corrected chi connectivity index (χ2v) is 5.45. The molecule has 2 atom stereocenters.